The average Bonchev–Trinajstić information content (AvgIpc) is 3.23. The van der Waals surface area contributed by atoms with Gasteiger partial charge in [-0.15, -0.1) is 11.3 Å². The van der Waals surface area contributed by atoms with E-state index < -0.39 is 0 Å². The standard InChI is InChI=1S/C16H23N3O2S/c1-17-14(20)9-18(2)15(21)10-19-7-5-13-12(6-8-22-13)16(19)11-3-4-11/h6,8,11,16H,3-5,7,9-10H2,1-2H3,(H,17,20)/p+1/t16-/m1/s1. The highest BCUT2D eigenvalue weighted by molar-refractivity contribution is 7.10. The summed E-state index contributed by atoms with van der Waals surface area (Å²) in [5.41, 5.74) is 1.47. The molecule has 0 aromatic carbocycles. The van der Waals surface area contributed by atoms with Crippen LogP contribution in [0.15, 0.2) is 11.4 Å². The second-order valence-corrected chi connectivity index (χ2v) is 7.37. The molecule has 3 rings (SSSR count). The van der Waals surface area contributed by atoms with Gasteiger partial charge >= 0.3 is 0 Å². The van der Waals surface area contributed by atoms with Crippen LogP contribution in [-0.4, -0.2) is 50.4 Å². The van der Waals surface area contributed by atoms with Crippen molar-refractivity contribution in [3.63, 3.8) is 0 Å². The number of carbonyl (C=O) groups is 2. The van der Waals surface area contributed by atoms with Crippen LogP contribution in [0.5, 0.6) is 0 Å². The molecule has 120 valence electrons. The van der Waals surface area contributed by atoms with Gasteiger partial charge in [0.25, 0.3) is 5.91 Å². The van der Waals surface area contributed by atoms with Crippen LogP contribution >= 0.6 is 11.3 Å². The van der Waals surface area contributed by atoms with E-state index in [4.69, 9.17) is 0 Å². The molecule has 2 amide bonds. The first-order valence-electron chi connectivity index (χ1n) is 7.95. The lowest BCUT2D eigenvalue weighted by Gasteiger charge is -2.33. The first-order chi connectivity index (χ1) is 10.6. The summed E-state index contributed by atoms with van der Waals surface area (Å²) in [5, 5.41) is 4.75. The lowest BCUT2D eigenvalue weighted by atomic mass is 9.96. The number of amides is 2. The molecule has 1 saturated carbocycles. The average molecular weight is 322 g/mol. The summed E-state index contributed by atoms with van der Waals surface area (Å²) in [7, 11) is 3.31. The number of hydrogen-bond donors (Lipinski definition) is 2. The number of likely N-dealkylation sites (N-methyl/N-ethyl adjacent to an activating group) is 2. The molecule has 5 nitrogen and oxygen atoms in total. The summed E-state index contributed by atoms with van der Waals surface area (Å²) in [4.78, 5) is 28.3. The monoisotopic (exact) mass is 322 g/mol. The molecule has 0 bridgehead atoms. The van der Waals surface area contributed by atoms with Gasteiger partial charge in [0.2, 0.25) is 5.91 Å². The Hall–Kier alpha value is -1.40. The van der Waals surface area contributed by atoms with Crippen molar-refractivity contribution in [3.05, 3.63) is 21.9 Å². The number of fused-ring (bicyclic) bond motifs is 1. The van der Waals surface area contributed by atoms with E-state index in [1.165, 1.54) is 28.2 Å². The van der Waals surface area contributed by atoms with Crippen LogP contribution in [-0.2, 0) is 16.0 Å². The summed E-state index contributed by atoms with van der Waals surface area (Å²) < 4.78 is 0. The molecule has 2 N–H and O–H groups in total. The van der Waals surface area contributed by atoms with Crippen molar-refractivity contribution in [2.75, 3.05) is 33.7 Å². The van der Waals surface area contributed by atoms with Crippen LogP contribution < -0.4 is 10.2 Å². The van der Waals surface area contributed by atoms with E-state index in [9.17, 15) is 9.59 Å². The Balaban J connectivity index is 1.67. The number of hydrogen-bond acceptors (Lipinski definition) is 3. The lowest BCUT2D eigenvalue weighted by molar-refractivity contribution is -0.929. The van der Waals surface area contributed by atoms with Crippen molar-refractivity contribution in [2.24, 2.45) is 5.92 Å². The molecule has 1 aliphatic heterocycles. The SMILES string of the molecule is CNC(=O)CN(C)C(=O)C[NH+]1CCc2sccc2[C@H]1C1CC1. The summed E-state index contributed by atoms with van der Waals surface area (Å²) in [6, 6.07) is 2.73. The Morgan fingerprint density at radius 2 is 2.23 bits per heavy atom. The van der Waals surface area contributed by atoms with E-state index in [1.807, 2.05) is 11.3 Å². The maximum atomic E-state index is 12.4. The number of nitrogens with one attached hydrogen (secondary N) is 2. The van der Waals surface area contributed by atoms with Gasteiger partial charge in [-0.1, -0.05) is 0 Å². The zero-order valence-corrected chi connectivity index (χ0v) is 14.0. The zero-order valence-electron chi connectivity index (χ0n) is 13.2. The van der Waals surface area contributed by atoms with Crippen LogP contribution in [0.4, 0.5) is 0 Å². The fourth-order valence-corrected chi connectivity index (χ4v) is 4.34. The second-order valence-electron chi connectivity index (χ2n) is 6.37. The third-order valence-electron chi connectivity index (χ3n) is 4.79. The van der Waals surface area contributed by atoms with Gasteiger partial charge in [0.1, 0.15) is 6.04 Å². The molecule has 2 heterocycles. The Morgan fingerprint density at radius 1 is 1.45 bits per heavy atom. The quantitative estimate of drug-likeness (QED) is 0.792. The number of carbonyl (C=O) groups excluding carboxylic acids is 2. The van der Waals surface area contributed by atoms with Crippen molar-refractivity contribution in [2.45, 2.75) is 25.3 Å². The molecule has 1 fully saturated rings. The molecular formula is C16H24N3O2S+. The smallest absolute Gasteiger partial charge is 0.277 e. The van der Waals surface area contributed by atoms with Gasteiger partial charge in [0, 0.05) is 36.9 Å². The van der Waals surface area contributed by atoms with Gasteiger partial charge in [0.05, 0.1) is 13.1 Å². The molecule has 1 aromatic heterocycles. The van der Waals surface area contributed by atoms with Gasteiger partial charge in [-0.05, 0) is 24.3 Å². The maximum Gasteiger partial charge on any atom is 0.277 e. The number of quaternary nitrogens is 1. The molecule has 6 heteroatoms. The molecule has 2 aliphatic rings. The largest absolute Gasteiger partial charge is 0.358 e. The minimum atomic E-state index is -0.122. The third kappa shape index (κ3) is 3.17. The topological polar surface area (TPSA) is 53.9 Å². The second kappa shape index (κ2) is 6.38. The van der Waals surface area contributed by atoms with E-state index in [1.54, 1.807) is 19.0 Å². The summed E-state index contributed by atoms with van der Waals surface area (Å²) in [5.74, 6) is 0.673. The van der Waals surface area contributed by atoms with Gasteiger partial charge in [-0.2, -0.15) is 0 Å². The highest BCUT2D eigenvalue weighted by Crippen LogP contribution is 2.42. The molecule has 1 unspecified atom stereocenters. The fourth-order valence-electron chi connectivity index (χ4n) is 3.41. The fraction of sp³-hybridized carbons (Fsp3) is 0.625. The minimum absolute atomic E-state index is 0.0583. The molecule has 0 spiro atoms. The highest BCUT2D eigenvalue weighted by Gasteiger charge is 2.43. The molecule has 0 radical (unpaired) electrons. The van der Waals surface area contributed by atoms with E-state index in [0.29, 0.717) is 12.6 Å². The summed E-state index contributed by atoms with van der Waals surface area (Å²) in [6.45, 7) is 1.65. The van der Waals surface area contributed by atoms with Gasteiger partial charge < -0.3 is 15.1 Å². The van der Waals surface area contributed by atoms with Crippen molar-refractivity contribution in [1.82, 2.24) is 10.2 Å². The number of rotatable bonds is 5. The molecule has 1 aliphatic carbocycles. The van der Waals surface area contributed by atoms with E-state index in [2.05, 4.69) is 16.8 Å². The van der Waals surface area contributed by atoms with Gasteiger partial charge in [0.15, 0.2) is 6.54 Å². The van der Waals surface area contributed by atoms with Crippen LogP contribution in [0.2, 0.25) is 0 Å². The molecule has 2 atom stereocenters. The number of nitrogens with zero attached hydrogens (tertiary/aromatic N) is 1. The van der Waals surface area contributed by atoms with E-state index in [0.717, 1.165) is 18.9 Å². The Kier molecular flexibility index (Phi) is 4.49. The van der Waals surface area contributed by atoms with Crippen LogP contribution in [0.3, 0.4) is 0 Å². The van der Waals surface area contributed by atoms with Crippen LogP contribution in [0.1, 0.15) is 29.3 Å². The lowest BCUT2D eigenvalue weighted by Crippen LogP contribution is -3.14. The molecule has 1 aromatic rings. The predicted octanol–water partition coefficient (Wildman–Crippen LogP) is -0.155. The summed E-state index contributed by atoms with van der Waals surface area (Å²) >= 11 is 1.85. The summed E-state index contributed by atoms with van der Waals surface area (Å²) in [6.07, 6.45) is 3.63. The van der Waals surface area contributed by atoms with Gasteiger partial charge in [-0.25, -0.2) is 0 Å². The number of thiophene rings is 1. The normalized spacial score (nSPS) is 23.7. The zero-order chi connectivity index (χ0) is 15.7. The molecular weight excluding hydrogens is 298 g/mol. The highest BCUT2D eigenvalue weighted by atomic mass is 32.1. The molecule has 22 heavy (non-hydrogen) atoms. The first-order valence-corrected chi connectivity index (χ1v) is 8.83. The Labute approximate surface area is 135 Å². The Bertz CT molecular complexity index is 567. The van der Waals surface area contributed by atoms with Crippen LogP contribution in [0, 0.1) is 5.92 Å². The minimum Gasteiger partial charge on any atom is -0.358 e. The van der Waals surface area contributed by atoms with Crippen molar-refractivity contribution in [1.29, 1.82) is 0 Å². The van der Waals surface area contributed by atoms with Crippen molar-refractivity contribution >= 4 is 23.2 Å². The van der Waals surface area contributed by atoms with Crippen molar-refractivity contribution < 1.29 is 14.5 Å². The van der Waals surface area contributed by atoms with Crippen LogP contribution in [0.25, 0.3) is 0 Å². The third-order valence-corrected chi connectivity index (χ3v) is 5.78. The Morgan fingerprint density at radius 3 is 2.91 bits per heavy atom. The van der Waals surface area contributed by atoms with Gasteiger partial charge in [-0.3, -0.25) is 9.59 Å². The molecule has 0 saturated heterocycles. The first kappa shape index (κ1) is 15.5. The predicted molar refractivity (Wildman–Crippen MR) is 85.9 cm³/mol. The van der Waals surface area contributed by atoms with E-state index in [-0.39, 0.29) is 18.4 Å². The maximum absolute atomic E-state index is 12.4. The van der Waals surface area contributed by atoms with Crippen molar-refractivity contribution in [3.8, 4) is 0 Å². The van der Waals surface area contributed by atoms with E-state index >= 15 is 0 Å².